The van der Waals surface area contributed by atoms with Gasteiger partial charge in [-0.15, -0.1) is 11.3 Å². The predicted molar refractivity (Wildman–Crippen MR) is 53.9 cm³/mol. The lowest BCUT2D eigenvalue weighted by atomic mass is 10.6. The first-order chi connectivity index (χ1) is 7.08. The molecule has 0 radical (unpaired) electrons. The molecule has 0 saturated carbocycles. The van der Waals surface area contributed by atoms with E-state index in [-0.39, 0.29) is 6.61 Å². The smallest absolute Gasteiger partial charge is 0.329 e. The van der Waals surface area contributed by atoms with Crippen LogP contribution in [0.5, 0.6) is 0 Å². The number of amides is 1. The number of aliphatic carboxylic acids is 1. The van der Waals surface area contributed by atoms with Crippen LogP contribution in [0, 0.1) is 6.92 Å². The number of aromatic nitrogens is 1. The van der Waals surface area contributed by atoms with Gasteiger partial charge in [-0.1, -0.05) is 0 Å². The molecule has 7 heteroatoms. The number of thiazole rings is 1. The van der Waals surface area contributed by atoms with Crippen molar-refractivity contribution < 1.29 is 19.4 Å². The number of anilines is 1. The van der Waals surface area contributed by atoms with Gasteiger partial charge in [-0.25, -0.2) is 9.78 Å². The van der Waals surface area contributed by atoms with E-state index in [1.165, 1.54) is 11.3 Å². The van der Waals surface area contributed by atoms with Gasteiger partial charge in [-0.3, -0.25) is 10.1 Å². The Labute approximate surface area is 89.9 Å². The van der Waals surface area contributed by atoms with Gasteiger partial charge in [-0.2, -0.15) is 0 Å². The van der Waals surface area contributed by atoms with Crippen LogP contribution < -0.4 is 5.32 Å². The molecule has 1 rings (SSSR count). The van der Waals surface area contributed by atoms with Crippen LogP contribution in [-0.2, 0) is 14.3 Å². The lowest BCUT2D eigenvalue weighted by molar-refractivity contribution is -0.143. The molecule has 0 aliphatic rings. The van der Waals surface area contributed by atoms with E-state index < -0.39 is 18.5 Å². The highest BCUT2D eigenvalue weighted by Gasteiger charge is 2.06. The van der Waals surface area contributed by atoms with Crippen molar-refractivity contribution in [3.05, 3.63) is 11.1 Å². The lowest BCUT2D eigenvalue weighted by Gasteiger charge is -2.00. The van der Waals surface area contributed by atoms with Gasteiger partial charge < -0.3 is 9.84 Å². The molecular formula is C8H10N2O4S. The van der Waals surface area contributed by atoms with Crippen LogP contribution in [0.15, 0.2) is 5.38 Å². The number of carbonyl (C=O) groups excluding carboxylic acids is 1. The minimum Gasteiger partial charge on any atom is -0.480 e. The Morgan fingerprint density at radius 2 is 2.33 bits per heavy atom. The van der Waals surface area contributed by atoms with Crippen molar-refractivity contribution in [1.82, 2.24) is 4.98 Å². The minimum absolute atomic E-state index is 0.287. The summed E-state index contributed by atoms with van der Waals surface area (Å²) in [6, 6.07) is 0. The standard InChI is InChI=1S/C8H10N2O4S/c1-5-4-15-8(9-5)10-6(11)2-14-3-7(12)13/h4H,2-3H2,1H3,(H,12,13)(H,9,10,11). The number of hydrogen-bond acceptors (Lipinski definition) is 5. The van der Waals surface area contributed by atoms with E-state index in [1.54, 1.807) is 5.38 Å². The van der Waals surface area contributed by atoms with E-state index in [2.05, 4.69) is 15.0 Å². The molecule has 1 amide bonds. The number of carboxylic acids is 1. The van der Waals surface area contributed by atoms with Crippen molar-refractivity contribution in [2.45, 2.75) is 6.92 Å². The normalized spacial score (nSPS) is 9.93. The Kier molecular flexibility index (Phi) is 4.19. The molecule has 0 unspecified atom stereocenters. The Balaban J connectivity index is 2.27. The zero-order valence-electron chi connectivity index (χ0n) is 8.02. The average molecular weight is 230 g/mol. The first kappa shape index (κ1) is 11.6. The molecule has 6 nitrogen and oxygen atoms in total. The predicted octanol–water partition coefficient (Wildman–Crippen LogP) is 0.491. The Morgan fingerprint density at radius 3 is 2.87 bits per heavy atom. The number of carbonyl (C=O) groups is 2. The fraction of sp³-hybridized carbons (Fsp3) is 0.375. The van der Waals surface area contributed by atoms with Crippen LogP contribution in [0.25, 0.3) is 0 Å². The number of hydrogen-bond donors (Lipinski definition) is 2. The summed E-state index contributed by atoms with van der Waals surface area (Å²) in [5.74, 6) is -1.52. The van der Waals surface area contributed by atoms with E-state index in [4.69, 9.17) is 5.11 Å². The fourth-order valence-corrected chi connectivity index (χ4v) is 1.50. The first-order valence-electron chi connectivity index (χ1n) is 4.09. The van der Waals surface area contributed by atoms with Gasteiger partial charge in [0.15, 0.2) is 5.13 Å². The van der Waals surface area contributed by atoms with Crippen molar-refractivity contribution in [2.24, 2.45) is 0 Å². The van der Waals surface area contributed by atoms with E-state index in [0.29, 0.717) is 5.13 Å². The molecule has 15 heavy (non-hydrogen) atoms. The van der Waals surface area contributed by atoms with Gasteiger partial charge >= 0.3 is 5.97 Å². The molecule has 0 aromatic carbocycles. The fourth-order valence-electron chi connectivity index (χ4n) is 0.798. The van der Waals surface area contributed by atoms with Crippen molar-refractivity contribution in [3.8, 4) is 0 Å². The molecule has 1 aromatic heterocycles. The topological polar surface area (TPSA) is 88.5 Å². The molecule has 0 saturated heterocycles. The maximum Gasteiger partial charge on any atom is 0.329 e. The van der Waals surface area contributed by atoms with Crippen molar-refractivity contribution in [3.63, 3.8) is 0 Å². The van der Waals surface area contributed by atoms with E-state index >= 15 is 0 Å². The third kappa shape index (κ3) is 4.52. The second-order valence-electron chi connectivity index (χ2n) is 2.73. The van der Waals surface area contributed by atoms with Gasteiger partial charge in [0, 0.05) is 5.38 Å². The largest absolute Gasteiger partial charge is 0.480 e. The Hall–Kier alpha value is -1.47. The van der Waals surface area contributed by atoms with Crippen LogP contribution in [0.4, 0.5) is 5.13 Å². The highest BCUT2D eigenvalue weighted by molar-refractivity contribution is 7.13. The highest BCUT2D eigenvalue weighted by atomic mass is 32.1. The second-order valence-corrected chi connectivity index (χ2v) is 3.59. The summed E-state index contributed by atoms with van der Waals surface area (Å²) in [6.45, 7) is 1.04. The Morgan fingerprint density at radius 1 is 1.60 bits per heavy atom. The number of nitrogens with zero attached hydrogens (tertiary/aromatic N) is 1. The molecule has 1 aromatic rings. The second kappa shape index (κ2) is 5.42. The molecule has 0 bridgehead atoms. The first-order valence-corrected chi connectivity index (χ1v) is 4.97. The average Bonchev–Trinajstić information content (AvgIpc) is 2.50. The summed E-state index contributed by atoms with van der Waals surface area (Å²) in [5, 5.41) is 13.0. The lowest BCUT2D eigenvalue weighted by Crippen LogP contribution is -2.20. The van der Waals surface area contributed by atoms with Gasteiger partial charge in [0.1, 0.15) is 13.2 Å². The van der Waals surface area contributed by atoms with E-state index in [9.17, 15) is 9.59 Å². The number of ether oxygens (including phenoxy) is 1. The monoisotopic (exact) mass is 230 g/mol. The van der Waals surface area contributed by atoms with Crippen LogP contribution in [0.3, 0.4) is 0 Å². The molecule has 0 atom stereocenters. The minimum atomic E-state index is -1.10. The zero-order valence-corrected chi connectivity index (χ0v) is 8.84. The number of rotatable bonds is 5. The van der Waals surface area contributed by atoms with Crippen LogP contribution in [0.2, 0.25) is 0 Å². The third-order valence-electron chi connectivity index (χ3n) is 1.32. The Bertz CT molecular complexity index is 363. The van der Waals surface area contributed by atoms with E-state index in [0.717, 1.165) is 5.69 Å². The molecule has 0 aliphatic carbocycles. The molecule has 0 spiro atoms. The summed E-state index contributed by atoms with van der Waals surface area (Å²) in [6.07, 6.45) is 0. The number of nitrogens with one attached hydrogen (secondary N) is 1. The van der Waals surface area contributed by atoms with Gasteiger partial charge in [0.05, 0.1) is 5.69 Å². The maximum absolute atomic E-state index is 11.1. The SMILES string of the molecule is Cc1csc(NC(=O)COCC(=O)O)n1. The van der Waals surface area contributed by atoms with Crippen LogP contribution in [0.1, 0.15) is 5.69 Å². The summed E-state index contributed by atoms with van der Waals surface area (Å²) in [5.41, 5.74) is 0.821. The third-order valence-corrected chi connectivity index (χ3v) is 2.20. The quantitative estimate of drug-likeness (QED) is 0.768. The molecule has 0 fully saturated rings. The molecule has 1 heterocycles. The summed E-state index contributed by atoms with van der Waals surface area (Å²) in [4.78, 5) is 25.2. The van der Waals surface area contributed by atoms with Crippen molar-refractivity contribution in [1.29, 1.82) is 0 Å². The molecular weight excluding hydrogens is 220 g/mol. The summed E-state index contributed by atoms with van der Waals surface area (Å²) < 4.78 is 4.60. The van der Waals surface area contributed by atoms with E-state index in [1.807, 2.05) is 6.92 Å². The van der Waals surface area contributed by atoms with Crippen molar-refractivity contribution >= 4 is 28.3 Å². The van der Waals surface area contributed by atoms with Gasteiger partial charge in [0.25, 0.3) is 5.91 Å². The van der Waals surface area contributed by atoms with Gasteiger partial charge in [0.2, 0.25) is 0 Å². The summed E-state index contributed by atoms with van der Waals surface area (Å²) in [7, 11) is 0. The maximum atomic E-state index is 11.1. The number of carboxylic acid groups (broad SMARTS) is 1. The summed E-state index contributed by atoms with van der Waals surface area (Å²) >= 11 is 1.30. The van der Waals surface area contributed by atoms with Crippen LogP contribution in [-0.4, -0.2) is 35.2 Å². The molecule has 82 valence electrons. The highest BCUT2D eigenvalue weighted by Crippen LogP contribution is 2.13. The molecule has 2 N–H and O–H groups in total. The van der Waals surface area contributed by atoms with Gasteiger partial charge in [-0.05, 0) is 6.92 Å². The van der Waals surface area contributed by atoms with Crippen molar-refractivity contribution in [2.75, 3.05) is 18.5 Å². The number of aryl methyl sites for hydroxylation is 1. The molecule has 0 aliphatic heterocycles. The zero-order chi connectivity index (χ0) is 11.3. The van der Waals surface area contributed by atoms with Crippen LogP contribution >= 0.6 is 11.3 Å².